The van der Waals surface area contributed by atoms with Crippen LogP contribution in [0.4, 0.5) is 0 Å². The third-order valence-corrected chi connectivity index (χ3v) is 3.44. The van der Waals surface area contributed by atoms with Crippen LogP contribution in [0.5, 0.6) is 0 Å². The Morgan fingerprint density at radius 2 is 1.71 bits per heavy atom. The molecule has 0 saturated carbocycles. The lowest BCUT2D eigenvalue weighted by atomic mass is 10.2. The molecule has 0 atom stereocenters. The number of furan rings is 1. The fourth-order valence-corrected chi connectivity index (χ4v) is 2.07. The monoisotopic (exact) mass is 250 g/mol. The molecule has 5 heteroatoms. The lowest BCUT2D eigenvalue weighted by Crippen LogP contribution is -1.95. The second kappa shape index (κ2) is 4.18. The molecule has 0 aliphatic carbocycles. The van der Waals surface area contributed by atoms with Crippen molar-refractivity contribution in [3.05, 3.63) is 42.2 Å². The van der Waals surface area contributed by atoms with Crippen LogP contribution in [-0.2, 0) is 9.84 Å². The summed E-state index contributed by atoms with van der Waals surface area (Å²) in [6.45, 7) is 0. The first-order valence-electron chi connectivity index (χ1n) is 4.86. The van der Waals surface area contributed by atoms with Gasteiger partial charge < -0.3 is 4.42 Å². The number of hydrogen-bond donors (Lipinski definition) is 0. The van der Waals surface area contributed by atoms with E-state index >= 15 is 0 Å². The summed E-state index contributed by atoms with van der Waals surface area (Å²) in [7, 11) is -3.19. The molecule has 0 aliphatic rings. The smallest absolute Gasteiger partial charge is 0.185 e. The lowest BCUT2D eigenvalue weighted by Gasteiger charge is -2.00. The van der Waals surface area contributed by atoms with Crippen molar-refractivity contribution in [2.45, 2.75) is 4.90 Å². The molecule has 0 spiro atoms. The molecule has 0 unspecified atom stereocenters. The van der Waals surface area contributed by atoms with Crippen LogP contribution in [-0.4, -0.2) is 21.0 Å². The van der Waals surface area contributed by atoms with Gasteiger partial charge in [0.2, 0.25) is 0 Å². The minimum Gasteiger partial charge on any atom is -0.453 e. The third kappa shape index (κ3) is 2.45. The largest absolute Gasteiger partial charge is 0.453 e. The summed E-state index contributed by atoms with van der Waals surface area (Å²) in [5.74, 6) is 0.777. The zero-order valence-corrected chi connectivity index (χ0v) is 9.90. The molecule has 0 bridgehead atoms. The highest BCUT2D eigenvalue weighted by Crippen LogP contribution is 2.23. The Morgan fingerprint density at radius 3 is 2.18 bits per heavy atom. The third-order valence-electron chi connectivity index (χ3n) is 2.31. The fraction of sp³-hybridized carbons (Fsp3) is 0.0833. The van der Waals surface area contributed by atoms with E-state index in [1.807, 2.05) is 0 Å². The van der Waals surface area contributed by atoms with Crippen molar-refractivity contribution in [2.24, 2.45) is 0 Å². The highest BCUT2D eigenvalue weighted by atomic mass is 32.2. The molecule has 0 aliphatic heterocycles. The molecular formula is C12H10O4S. The maximum absolute atomic E-state index is 11.3. The molecule has 0 amide bonds. The van der Waals surface area contributed by atoms with Gasteiger partial charge in [0, 0.05) is 11.8 Å². The average molecular weight is 250 g/mol. The summed E-state index contributed by atoms with van der Waals surface area (Å²) in [5, 5.41) is 0. The molecule has 0 N–H and O–H groups in total. The Hall–Kier alpha value is -1.88. The molecule has 1 aromatic carbocycles. The van der Waals surface area contributed by atoms with Crippen molar-refractivity contribution in [3.63, 3.8) is 0 Å². The van der Waals surface area contributed by atoms with E-state index in [2.05, 4.69) is 0 Å². The zero-order chi connectivity index (χ0) is 12.5. The molecular weight excluding hydrogens is 240 g/mol. The van der Waals surface area contributed by atoms with E-state index < -0.39 is 9.84 Å². The second-order valence-corrected chi connectivity index (χ2v) is 5.63. The van der Waals surface area contributed by atoms with Crippen molar-refractivity contribution in [1.29, 1.82) is 0 Å². The number of carbonyl (C=O) groups is 1. The summed E-state index contributed by atoms with van der Waals surface area (Å²) in [5.41, 5.74) is 0.727. The van der Waals surface area contributed by atoms with Crippen LogP contribution in [0.3, 0.4) is 0 Å². The van der Waals surface area contributed by atoms with E-state index in [0.717, 1.165) is 11.8 Å². The van der Waals surface area contributed by atoms with Crippen LogP contribution >= 0.6 is 0 Å². The van der Waals surface area contributed by atoms with Gasteiger partial charge in [-0.3, -0.25) is 4.79 Å². The van der Waals surface area contributed by atoms with Gasteiger partial charge in [-0.05, 0) is 36.4 Å². The van der Waals surface area contributed by atoms with Crippen LogP contribution in [0.1, 0.15) is 10.6 Å². The normalized spacial score (nSPS) is 11.4. The van der Waals surface area contributed by atoms with Crippen molar-refractivity contribution < 1.29 is 17.6 Å². The number of benzene rings is 1. The quantitative estimate of drug-likeness (QED) is 0.783. The SMILES string of the molecule is CS(=O)(=O)c1ccc(-c2ccc(C=O)o2)cc1. The Bertz CT molecular complexity index is 635. The highest BCUT2D eigenvalue weighted by Gasteiger charge is 2.08. The number of rotatable bonds is 3. The van der Waals surface area contributed by atoms with Crippen LogP contribution in [0, 0.1) is 0 Å². The summed E-state index contributed by atoms with van der Waals surface area (Å²) in [6.07, 6.45) is 1.77. The average Bonchev–Trinajstić information content (AvgIpc) is 2.76. The van der Waals surface area contributed by atoms with Crippen LogP contribution < -0.4 is 0 Å². The van der Waals surface area contributed by atoms with Gasteiger partial charge in [0.25, 0.3) is 0 Å². The highest BCUT2D eigenvalue weighted by molar-refractivity contribution is 7.90. The van der Waals surface area contributed by atoms with Crippen molar-refractivity contribution in [3.8, 4) is 11.3 Å². The summed E-state index contributed by atoms with van der Waals surface area (Å²) in [4.78, 5) is 10.7. The van der Waals surface area contributed by atoms with Gasteiger partial charge in [-0.2, -0.15) is 0 Å². The maximum Gasteiger partial charge on any atom is 0.185 e. The Balaban J connectivity index is 2.38. The molecule has 0 fully saturated rings. The van der Waals surface area contributed by atoms with Gasteiger partial charge in [0.05, 0.1) is 4.90 Å². The zero-order valence-electron chi connectivity index (χ0n) is 9.08. The van der Waals surface area contributed by atoms with Crippen molar-refractivity contribution in [2.75, 3.05) is 6.26 Å². The maximum atomic E-state index is 11.3. The number of hydrogen-bond acceptors (Lipinski definition) is 4. The predicted molar refractivity (Wildman–Crippen MR) is 62.6 cm³/mol. The van der Waals surface area contributed by atoms with Gasteiger partial charge in [-0.25, -0.2) is 8.42 Å². The summed E-state index contributed by atoms with van der Waals surface area (Å²) < 4.78 is 27.7. The molecule has 0 saturated heterocycles. The van der Waals surface area contributed by atoms with E-state index in [4.69, 9.17) is 4.42 Å². The topological polar surface area (TPSA) is 64.3 Å². The first-order valence-corrected chi connectivity index (χ1v) is 6.75. The summed E-state index contributed by atoms with van der Waals surface area (Å²) in [6, 6.07) is 9.53. The minimum absolute atomic E-state index is 0.243. The molecule has 1 heterocycles. The Kier molecular flexibility index (Phi) is 2.85. The Morgan fingerprint density at radius 1 is 1.06 bits per heavy atom. The van der Waals surface area contributed by atoms with E-state index in [1.165, 1.54) is 12.1 Å². The number of carbonyl (C=O) groups excluding carboxylic acids is 1. The van der Waals surface area contributed by atoms with Gasteiger partial charge in [0.1, 0.15) is 5.76 Å². The predicted octanol–water partition coefficient (Wildman–Crippen LogP) is 2.16. The molecule has 0 radical (unpaired) electrons. The summed E-state index contributed by atoms with van der Waals surface area (Å²) >= 11 is 0. The van der Waals surface area contributed by atoms with Gasteiger partial charge in [-0.15, -0.1) is 0 Å². The molecule has 4 nitrogen and oxygen atoms in total. The molecule has 17 heavy (non-hydrogen) atoms. The van der Waals surface area contributed by atoms with Crippen molar-refractivity contribution in [1.82, 2.24) is 0 Å². The number of sulfone groups is 1. The van der Waals surface area contributed by atoms with Crippen LogP contribution in [0.2, 0.25) is 0 Å². The van der Waals surface area contributed by atoms with E-state index in [9.17, 15) is 13.2 Å². The van der Waals surface area contributed by atoms with Crippen molar-refractivity contribution >= 4 is 16.1 Å². The standard InChI is InChI=1S/C12H10O4S/c1-17(14,15)11-5-2-9(3-6-11)12-7-4-10(8-13)16-12/h2-8H,1H3. The van der Waals surface area contributed by atoms with Gasteiger partial charge >= 0.3 is 0 Å². The second-order valence-electron chi connectivity index (χ2n) is 3.62. The van der Waals surface area contributed by atoms with Crippen LogP contribution in [0.15, 0.2) is 45.7 Å². The van der Waals surface area contributed by atoms with E-state index in [0.29, 0.717) is 12.0 Å². The fourth-order valence-electron chi connectivity index (χ4n) is 1.44. The van der Waals surface area contributed by atoms with Gasteiger partial charge in [-0.1, -0.05) is 0 Å². The molecule has 88 valence electrons. The van der Waals surface area contributed by atoms with E-state index in [-0.39, 0.29) is 10.7 Å². The molecule has 2 aromatic rings. The molecule has 2 rings (SSSR count). The first kappa shape index (κ1) is 11.6. The Labute approximate surface area is 98.8 Å². The van der Waals surface area contributed by atoms with Crippen LogP contribution in [0.25, 0.3) is 11.3 Å². The number of aldehydes is 1. The van der Waals surface area contributed by atoms with E-state index in [1.54, 1.807) is 24.3 Å². The molecule has 1 aromatic heterocycles. The van der Waals surface area contributed by atoms with Gasteiger partial charge in [0.15, 0.2) is 21.9 Å². The lowest BCUT2D eigenvalue weighted by molar-refractivity contribution is 0.110. The first-order chi connectivity index (χ1) is 8.00. The minimum atomic E-state index is -3.19.